The third-order valence-electron chi connectivity index (χ3n) is 4.67. The summed E-state index contributed by atoms with van der Waals surface area (Å²) < 4.78 is 5.27. The van der Waals surface area contributed by atoms with Gasteiger partial charge in [0.1, 0.15) is 10.6 Å². The Bertz CT molecular complexity index is 1050. The number of nitrogens with zero attached hydrogens (tertiary/aromatic N) is 1. The van der Waals surface area contributed by atoms with Gasteiger partial charge in [-0.15, -0.1) is 11.3 Å². The fourth-order valence-electron chi connectivity index (χ4n) is 3.55. The van der Waals surface area contributed by atoms with E-state index >= 15 is 0 Å². The Morgan fingerprint density at radius 3 is 2.63 bits per heavy atom. The molecule has 0 saturated carbocycles. The fourth-order valence-corrected chi connectivity index (χ4v) is 4.90. The van der Waals surface area contributed by atoms with Crippen LogP contribution in [0.4, 0.5) is 5.69 Å². The van der Waals surface area contributed by atoms with E-state index in [0.717, 1.165) is 10.4 Å². The van der Waals surface area contributed by atoms with Crippen LogP contribution in [0.1, 0.15) is 43.9 Å². The van der Waals surface area contributed by atoms with E-state index in [9.17, 15) is 14.7 Å². The van der Waals surface area contributed by atoms with Crippen molar-refractivity contribution in [3.8, 4) is 11.1 Å². The molecule has 1 aromatic carbocycles. The van der Waals surface area contributed by atoms with E-state index in [2.05, 4.69) is 10.5 Å². The maximum Gasteiger partial charge on any atom is 0.346 e. The summed E-state index contributed by atoms with van der Waals surface area (Å²) in [7, 11) is 0. The summed E-state index contributed by atoms with van der Waals surface area (Å²) in [4.78, 5) is 25.4. The molecule has 8 heteroatoms. The van der Waals surface area contributed by atoms with Crippen LogP contribution in [0.15, 0.2) is 28.8 Å². The molecule has 3 heterocycles. The smallest absolute Gasteiger partial charge is 0.346 e. The van der Waals surface area contributed by atoms with E-state index in [1.807, 2.05) is 6.92 Å². The summed E-state index contributed by atoms with van der Waals surface area (Å²) in [6, 6.07) is 6.90. The van der Waals surface area contributed by atoms with Gasteiger partial charge in [-0.05, 0) is 31.5 Å². The highest BCUT2D eigenvalue weighted by Crippen LogP contribution is 2.50. The van der Waals surface area contributed by atoms with Gasteiger partial charge in [-0.2, -0.15) is 0 Å². The number of aromatic carboxylic acids is 1. The highest BCUT2D eigenvalue weighted by atomic mass is 35.5. The topological polar surface area (TPSA) is 92.4 Å². The van der Waals surface area contributed by atoms with Gasteiger partial charge in [0.25, 0.3) is 0 Å². The number of hydrogen-bond donors (Lipinski definition) is 2. The molecule has 0 bridgehead atoms. The maximum absolute atomic E-state index is 12.4. The number of carboxylic acids is 1. The first-order valence-corrected chi connectivity index (χ1v) is 9.44. The van der Waals surface area contributed by atoms with Crippen LogP contribution in [0.2, 0.25) is 5.02 Å². The number of nitrogens with one attached hydrogen (secondary N) is 1. The highest BCUT2D eigenvalue weighted by Gasteiger charge is 2.36. The molecule has 138 valence electrons. The molecule has 3 aromatic rings. The first kappa shape index (κ1) is 17.8. The Labute approximate surface area is 163 Å². The highest BCUT2D eigenvalue weighted by molar-refractivity contribution is 7.15. The molecule has 4 rings (SSSR count). The number of anilines is 1. The van der Waals surface area contributed by atoms with Gasteiger partial charge in [0.05, 0.1) is 11.4 Å². The molecule has 0 radical (unpaired) electrons. The number of hydrogen-bond acceptors (Lipinski definition) is 5. The Morgan fingerprint density at radius 1 is 1.33 bits per heavy atom. The third kappa shape index (κ3) is 2.93. The minimum absolute atomic E-state index is 0.169. The predicted molar refractivity (Wildman–Crippen MR) is 103 cm³/mol. The first-order valence-electron chi connectivity index (χ1n) is 8.25. The molecular weight excluding hydrogens is 388 g/mol. The molecule has 1 aliphatic heterocycles. The van der Waals surface area contributed by atoms with E-state index in [1.54, 1.807) is 31.2 Å². The van der Waals surface area contributed by atoms with Crippen molar-refractivity contribution in [3.05, 3.63) is 56.1 Å². The van der Waals surface area contributed by atoms with Gasteiger partial charge >= 0.3 is 5.97 Å². The molecule has 1 atom stereocenters. The van der Waals surface area contributed by atoms with E-state index in [1.165, 1.54) is 11.3 Å². The largest absolute Gasteiger partial charge is 0.477 e. The number of aromatic nitrogens is 1. The molecule has 0 saturated heterocycles. The zero-order chi connectivity index (χ0) is 19.3. The van der Waals surface area contributed by atoms with Gasteiger partial charge < -0.3 is 14.9 Å². The Morgan fingerprint density at radius 2 is 2.04 bits per heavy atom. The molecule has 0 aliphatic carbocycles. The van der Waals surface area contributed by atoms with Crippen molar-refractivity contribution < 1.29 is 19.2 Å². The number of benzene rings is 1. The lowest BCUT2D eigenvalue weighted by Gasteiger charge is -2.23. The average Bonchev–Trinajstić information content (AvgIpc) is 3.15. The first-order chi connectivity index (χ1) is 12.9. The molecule has 0 spiro atoms. The van der Waals surface area contributed by atoms with Gasteiger partial charge in [0.2, 0.25) is 5.91 Å². The monoisotopic (exact) mass is 402 g/mol. The summed E-state index contributed by atoms with van der Waals surface area (Å²) in [5.74, 6) is -0.857. The number of carbonyl (C=O) groups is 2. The lowest BCUT2D eigenvalue weighted by Crippen LogP contribution is -2.23. The van der Waals surface area contributed by atoms with Crippen molar-refractivity contribution in [2.45, 2.75) is 26.2 Å². The van der Waals surface area contributed by atoms with Crippen molar-refractivity contribution in [1.82, 2.24) is 5.16 Å². The summed E-state index contributed by atoms with van der Waals surface area (Å²) in [5, 5.41) is 17.2. The number of carboxylic acid groups (broad SMARTS) is 1. The number of fused-ring (bicyclic) bond motifs is 1. The van der Waals surface area contributed by atoms with E-state index in [4.69, 9.17) is 16.1 Å². The number of amides is 1. The molecule has 1 amide bonds. The standard InChI is InChI=1S/C19H15ClN2O4S/c1-8-14(9(2)26-22-8)12-7-13(23)21-16-15(10-3-5-11(20)6-4-10)18(19(24)25)27-17(12)16/h3-6,12H,7H2,1-2H3,(H,21,23)(H,24,25)/t12-/m0/s1. The third-order valence-corrected chi connectivity index (χ3v) is 6.21. The molecule has 6 nitrogen and oxygen atoms in total. The lowest BCUT2D eigenvalue weighted by molar-refractivity contribution is -0.116. The quantitative estimate of drug-likeness (QED) is 0.653. The number of thiophene rings is 1. The van der Waals surface area contributed by atoms with Crippen molar-refractivity contribution in [2.24, 2.45) is 0 Å². The van der Waals surface area contributed by atoms with Crippen LogP contribution < -0.4 is 5.32 Å². The molecular formula is C19H15ClN2O4S. The zero-order valence-electron chi connectivity index (χ0n) is 14.5. The number of halogens is 1. The lowest BCUT2D eigenvalue weighted by atomic mass is 9.87. The van der Waals surface area contributed by atoms with Crippen molar-refractivity contribution in [2.75, 3.05) is 5.32 Å². The molecule has 0 unspecified atom stereocenters. The van der Waals surface area contributed by atoms with Crippen LogP contribution in [0.25, 0.3) is 11.1 Å². The number of rotatable bonds is 3. The van der Waals surface area contributed by atoms with Crippen LogP contribution in [-0.4, -0.2) is 22.1 Å². The Kier molecular flexibility index (Phi) is 4.28. The van der Waals surface area contributed by atoms with Crippen molar-refractivity contribution in [1.29, 1.82) is 0 Å². The zero-order valence-corrected chi connectivity index (χ0v) is 16.1. The predicted octanol–water partition coefficient (Wildman–Crippen LogP) is 4.85. The maximum atomic E-state index is 12.4. The summed E-state index contributed by atoms with van der Waals surface area (Å²) in [6.45, 7) is 3.62. The van der Waals surface area contributed by atoms with Crippen LogP contribution >= 0.6 is 22.9 Å². The second kappa shape index (κ2) is 6.51. The second-order valence-electron chi connectivity index (χ2n) is 6.40. The number of carbonyl (C=O) groups excluding carboxylic acids is 1. The van der Waals surface area contributed by atoms with Crippen LogP contribution in [0.3, 0.4) is 0 Å². The second-order valence-corrected chi connectivity index (χ2v) is 7.89. The molecule has 1 aliphatic rings. The van der Waals surface area contributed by atoms with E-state index in [-0.39, 0.29) is 23.1 Å². The van der Waals surface area contributed by atoms with Crippen molar-refractivity contribution in [3.63, 3.8) is 0 Å². The summed E-state index contributed by atoms with van der Waals surface area (Å²) >= 11 is 7.14. The van der Waals surface area contributed by atoms with Gasteiger partial charge in [0, 0.05) is 33.4 Å². The Balaban J connectivity index is 1.97. The van der Waals surface area contributed by atoms with Crippen LogP contribution in [-0.2, 0) is 4.79 Å². The van der Waals surface area contributed by atoms with Gasteiger partial charge in [-0.25, -0.2) is 4.79 Å². The van der Waals surface area contributed by atoms with Crippen LogP contribution in [0, 0.1) is 13.8 Å². The molecule has 2 N–H and O–H groups in total. The summed E-state index contributed by atoms with van der Waals surface area (Å²) in [6.07, 6.45) is 0.218. The fraction of sp³-hybridized carbons (Fsp3) is 0.211. The minimum Gasteiger partial charge on any atom is -0.477 e. The van der Waals surface area contributed by atoms with Gasteiger partial charge in [-0.3, -0.25) is 4.79 Å². The van der Waals surface area contributed by atoms with Gasteiger partial charge in [-0.1, -0.05) is 28.9 Å². The van der Waals surface area contributed by atoms with Crippen molar-refractivity contribution >= 4 is 40.5 Å². The molecule has 2 aromatic heterocycles. The van der Waals surface area contributed by atoms with Gasteiger partial charge in [0.15, 0.2) is 0 Å². The SMILES string of the molecule is Cc1noc(C)c1[C@@H]1CC(=O)Nc2c1sc(C(=O)O)c2-c1ccc(Cl)cc1. The molecule has 0 fully saturated rings. The van der Waals surface area contributed by atoms with E-state index < -0.39 is 5.97 Å². The van der Waals surface area contributed by atoms with E-state index in [0.29, 0.717) is 33.3 Å². The Hall–Kier alpha value is -2.64. The normalized spacial score (nSPS) is 16.1. The average molecular weight is 403 g/mol. The minimum atomic E-state index is -1.04. The summed E-state index contributed by atoms with van der Waals surface area (Å²) in [5.41, 5.74) is 3.28. The number of aryl methyl sites for hydroxylation is 2. The molecule has 27 heavy (non-hydrogen) atoms. The van der Waals surface area contributed by atoms with Crippen LogP contribution in [0.5, 0.6) is 0 Å².